The van der Waals surface area contributed by atoms with Crippen molar-refractivity contribution in [2.75, 3.05) is 13.1 Å². The predicted molar refractivity (Wildman–Crippen MR) is 62.1 cm³/mol. The first-order valence-electron chi connectivity index (χ1n) is 5.79. The van der Waals surface area contributed by atoms with Crippen molar-refractivity contribution in [3.8, 4) is 0 Å². The molecule has 0 bridgehead atoms. The Kier molecular flexibility index (Phi) is 3.43. The van der Waals surface area contributed by atoms with Gasteiger partial charge >= 0.3 is 5.97 Å². The van der Waals surface area contributed by atoms with Crippen LogP contribution in [0.2, 0.25) is 0 Å². The molecule has 0 aromatic heterocycles. The molecule has 1 aromatic rings. The summed E-state index contributed by atoms with van der Waals surface area (Å²) in [5.41, 5.74) is 0.872. The molecule has 0 aliphatic carbocycles. The molecule has 0 unspecified atom stereocenters. The first-order valence-corrected chi connectivity index (χ1v) is 5.79. The van der Waals surface area contributed by atoms with Gasteiger partial charge in [0.1, 0.15) is 5.82 Å². The van der Waals surface area contributed by atoms with Gasteiger partial charge in [0, 0.05) is 6.04 Å². The van der Waals surface area contributed by atoms with E-state index in [0.717, 1.165) is 18.5 Å². The maximum atomic E-state index is 13.2. The molecule has 0 spiro atoms. The molecule has 0 saturated carbocycles. The van der Waals surface area contributed by atoms with Crippen molar-refractivity contribution in [3.05, 3.63) is 35.6 Å². The Bertz CT molecular complexity index is 422. The average molecular weight is 237 g/mol. The third-order valence-corrected chi connectivity index (χ3v) is 3.33. The summed E-state index contributed by atoms with van der Waals surface area (Å²) in [5.74, 6) is -0.742. The molecule has 1 aliphatic rings. The topological polar surface area (TPSA) is 40.5 Å². The number of carbonyl (C=O) groups is 1. The van der Waals surface area contributed by atoms with Crippen LogP contribution in [0, 0.1) is 11.7 Å². The molecule has 17 heavy (non-hydrogen) atoms. The second-order valence-corrected chi connectivity index (χ2v) is 4.63. The predicted octanol–water partition coefficient (Wildman–Crippen LogP) is 2.29. The molecule has 1 N–H and O–H groups in total. The number of likely N-dealkylation sites (tertiary alicyclic amines) is 1. The number of nitrogens with zero attached hydrogens (tertiary/aromatic N) is 1. The van der Waals surface area contributed by atoms with Crippen LogP contribution in [0.25, 0.3) is 0 Å². The Morgan fingerprint density at radius 2 is 2.35 bits per heavy atom. The lowest BCUT2D eigenvalue weighted by Crippen LogP contribution is -2.30. The summed E-state index contributed by atoms with van der Waals surface area (Å²) in [4.78, 5) is 12.7. The first-order chi connectivity index (χ1) is 8.08. The van der Waals surface area contributed by atoms with Gasteiger partial charge in [-0.15, -0.1) is 0 Å². The molecular formula is C13H16FNO2. The van der Waals surface area contributed by atoms with Crippen molar-refractivity contribution in [2.24, 2.45) is 5.92 Å². The maximum Gasteiger partial charge on any atom is 0.317 e. The van der Waals surface area contributed by atoms with Gasteiger partial charge < -0.3 is 5.11 Å². The first kappa shape index (κ1) is 12.0. The van der Waals surface area contributed by atoms with Crippen molar-refractivity contribution in [1.82, 2.24) is 4.90 Å². The van der Waals surface area contributed by atoms with E-state index in [9.17, 15) is 9.18 Å². The fraction of sp³-hybridized carbons (Fsp3) is 0.462. The van der Waals surface area contributed by atoms with Crippen molar-refractivity contribution in [2.45, 2.75) is 19.4 Å². The zero-order valence-corrected chi connectivity index (χ0v) is 9.77. The number of aliphatic carboxylic acids is 1. The lowest BCUT2D eigenvalue weighted by molar-refractivity contribution is -0.138. The Morgan fingerprint density at radius 1 is 1.59 bits per heavy atom. The largest absolute Gasteiger partial charge is 0.480 e. The van der Waals surface area contributed by atoms with Crippen LogP contribution in [-0.4, -0.2) is 29.1 Å². The van der Waals surface area contributed by atoms with Gasteiger partial charge in [0.25, 0.3) is 0 Å². The van der Waals surface area contributed by atoms with Crippen LogP contribution in [0.1, 0.15) is 24.9 Å². The van der Waals surface area contributed by atoms with Gasteiger partial charge in [-0.3, -0.25) is 9.69 Å². The fourth-order valence-electron chi connectivity index (χ4n) is 2.61. The van der Waals surface area contributed by atoms with Gasteiger partial charge in [0.15, 0.2) is 0 Å². The molecule has 1 aromatic carbocycles. The normalized spacial score (nSPS) is 25.1. The number of benzene rings is 1. The van der Waals surface area contributed by atoms with E-state index in [1.54, 1.807) is 6.07 Å². The van der Waals surface area contributed by atoms with E-state index in [-0.39, 0.29) is 18.4 Å². The molecule has 2 atom stereocenters. The summed E-state index contributed by atoms with van der Waals surface area (Å²) in [6.45, 7) is 2.86. The number of rotatable bonds is 3. The number of halogens is 1. The Labute approximate surface area is 99.9 Å². The minimum Gasteiger partial charge on any atom is -0.480 e. The van der Waals surface area contributed by atoms with Crippen LogP contribution in [0.5, 0.6) is 0 Å². The molecule has 1 heterocycles. The monoisotopic (exact) mass is 237 g/mol. The Hall–Kier alpha value is -1.42. The third-order valence-electron chi connectivity index (χ3n) is 3.33. The van der Waals surface area contributed by atoms with Crippen LogP contribution >= 0.6 is 0 Å². The number of hydrogen-bond acceptors (Lipinski definition) is 2. The summed E-state index contributed by atoms with van der Waals surface area (Å²) in [6, 6.07) is 6.47. The van der Waals surface area contributed by atoms with E-state index in [0.29, 0.717) is 5.92 Å². The van der Waals surface area contributed by atoms with Gasteiger partial charge in [-0.2, -0.15) is 0 Å². The molecule has 1 fully saturated rings. The lowest BCUT2D eigenvalue weighted by atomic mass is 9.95. The molecule has 92 valence electrons. The van der Waals surface area contributed by atoms with Gasteiger partial charge in [0.05, 0.1) is 6.54 Å². The summed E-state index contributed by atoms with van der Waals surface area (Å²) < 4.78 is 13.2. The molecule has 3 nitrogen and oxygen atoms in total. The van der Waals surface area contributed by atoms with Crippen LogP contribution in [0.15, 0.2) is 24.3 Å². The lowest BCUT2D eigenvalue weighted by Gasteiger charge is -2.25. The standard InChI is InChI=1S/C13H16FNO2/c1-9-5-6-15(8-12(16)17)13(9)10-3-2-4-11(14)7-10/h2-4,7,9,13H,5-6,8H2,1H3,(H,16,17)/t9-,13+/m1/s1. The third kappa shape index (κ3) is 2.64. The van der Waals surface area contributed by atoms with Gasteiger partial charge in [-0.1, -0.05) is 19.1 Å². The van der Waals surface area contributed by atoms with Gasteiger partial charge in [-0.25, -0.2) is 4.39 Å². The van der Waals surface area contributed by atoms with Crippen LogP contribution < -0.4 is 0 Å². The zero-order chi connectivity index (χ0) is 12.4. The number of carboxylic acids is 1. The molecule has 2 rings (SSSR count). The SMILES string of the molecule is C[C@@H]1CCN(CC(=O)O)[C@@H]1c1cccc(F)c1. The Balaban J connectivity index is 2.24. The smallest absolute Gasteiger partial charge is 0.317 e. The highest BCUT2D eigenvalue weighted by Crippen LogP contribution is 2.36. The van der Waals surface area contributed by atoms with Crippen LogP contribution in [-0.2, 0) is 4.79 Å². The van der Waals surface area contributed by atoms with E-state index >= 15 is 0 Å². The van der Waals surface area contributed by atoms with E-state index in [4.69, 9.17) is 5.11 Å². The summed E-state index contributed by atoms with van der Waals surface area (Å²) in [5, 5.41) is 8.86. The minimum atomic E-state index is -0.833. The summed E-state index contributed by atoms with van der Waals surface area (Å²) in [7, 11) is 0. The maximum absolute atomic E-state index is 13.2. The van der Waals surface area contributed by atoms with Crippen LogP contribution in [0.4, 0.5) is 4.39 Å². The average Bonchev–Trinajstić information content (AvgIpc) is 2.59. The van der Waals surface area contributed by atoms with E-state index < -0.39 is 5.97 Å². The van der Waals surface area contributed by atoms with Crippen molar-refractivity contribution in [1.29, 1.82) is 0 Å². The Morgan fingerprint density at radius 3 is 3.00 bits per heavy atom. The highest BCUT2D eigenvalue weighted by Gasteiger charge is 2.33. The highest BCUT2D eigenvalue weighted by atomic mass is 19.1. The fourth-order valence-corrected chi connectivity index (χ4v) is 2.61. The second-order valence-electron chi connectivity index (χ2n) is 4.63. The molecular weight excluding hydrogens is 221 g/mol. The van der Waals surface area contributed by atoms with Crippen LogP contribution in [0.3, 0.4) is 0 Å². The molecule has 4 heteroatoms. The molecule has 0 radical (unpaired) electrons. The quantitative estimate of drug-likeness (QED) is 0.876. The summed E-state index contributed by atoms with van der Waals surface area (Å²) in [6.07, 6.45) is 0.953. The minimum absolute atomic E-state index is 0.0156. The molecule has 1 aliphatic heterocycles. The molecule has 1 saturated heterocycles. The number of hydrogen-bond donors (Lipinski definition) is 1. The molecule has 0 amide bonds. The summed E-state index contributed by atoms with van der Waals surface area (Å²) >= 11 is 0. The van der Waals surface area contributed by atoms with E-state index in [1.807, 2.05) is 11.0 Å². The zero-order valence-electron chi connectivity index (χ0n) is 9.77. The highest BCUT2D eigenvalue weighted by molar-refractivity contribution is 5.69. The van der Waals surface area contributed by atoms with Gasteiger partial charge in [0.2, 0.25) is 0 Å². The van der Waals surface area contributed by atoms with Crippen molar-refractivity contribution in [3.63, 3.8) is 0 Å². The van der Waals surface area contributed by atoms with Gasteiger partial charge in [-0.05, 0) is 36.6 Å². The van der Waals surface area contributed by atoms with Crippen molar-refractivity contribution >= 4 is 5.97 Å². The second kappa shape index (κ2) is 4.84. The number of carboxylic acid groups (broad SMARTS) is 1. The van der Waals surface area contributed by atoms with E-state index in [1.165, 1.54) is 12.1 Å². The van der Waals surface area contributed by atoms with E-state index in [2.05, 4.69) is 6.92 Å². The van der Waals surface area contributed by atoms with Crippen molar-refractivity contribution < 1.29 is 14.3 Å².